The number of rotatable bonds is 8. The number of aliphatic hydroxyl groups excluding tert-OH is 2. The lowest BCUT2D eigenvalue weighted by molar-refractivity contribution is 0.170. The van der Waals surface area contributed by atoms with Crippen molar-refractivity contribution in [2.45, 2.75) is 31.9 Å². The van der Waals surface area contributed by atoms with Gasteiger partial charge in [-0.3, -0.25) is 4.55 Å². The molecule has 4 N–H and O–H groups in total. The molecular weight excluding hydrogens is 222 g/mol. The molecular formula is C8H19NO5S. The van der Waals surface area contributed by atoms with Crippen molar-refractivity contribution in [1.82, 2.24) is 5.32 Å². The standard InChI is InChI=1S/C8H19NO5S/c1-2-3-7(5-10)9-4-8(11)6-15(12,13)14/h7-11H,2-6H2,1H3,(H,12,13,14). The monoisotopic (exact) mass is 241 g/mol. The second-order valence-electron chi connectivity index (χ2n) is 3.48. The molecule has 0 amide bonds. The van der Waals surface area contributed by atoms with Gasteiger partial charge in [-0.05, 0) is 6.42 Å². The molecule has 92 valence electrons. The van der Waals surface area contributed by atoms with Gasteiger partial charge in [-0.25, -0.2) is 0 Å². The van der Waals surface area contributed by atoms with Crippen LogP contribution in [0.2, 0.25) is 0 Å². The van der Waals surface area contributed by atoms with Crippen molar-refractivity contribution in [2.75, 3.05) is 18.9 Å². The van der Waals surface area contributed by atoms with Crippen molar-refractivity contribution in [2.24, 2.45) is 0 Å². The van der Waals surface area contributed by atoms with Crippen LogP contribution >= 0.6 is 0 Å². The summed E-state index contributed by atoms with van der Waals surface area (Å²) in [5.41, 5.74) is 0. The molecule has 0 aromatic rings. The topological polar surface area (TPSA) is 107 Å². The van der Waals surface area contributed by atoms with Gasteiger partial charge in [-0.1, -0.05) is 13.3 Å². The zero-order chi connectivity index (χ0) is 11.9. The molecule has 0 heterocycles. The maximum Gasteiger partial charge on any atom is 0.267 e. The SMILES string of the molecule is CCCC(CO)NCC(O)CS(=O)(=O)O. The van der Waals surface area contributed by atoms with Gasteiger partial charge in [0.1, 0.15) is 5.75 Å². The van der Waals surface area contributed by atoms with Gasteiger partial charge in [-0.15, -0.1) is 0 Å². The van der Waals surface area contributed by atoms with E-state index in [1.165, 1.54) is 0 Å². The van der Waals surface area contributed by atoms with E-state index in [-0.39, 0.29) is 19.2 Å². The maximum atomic E-state index is 10.4. The van der Waals surface area contributed by atoms with E-state index in [2.05, 4.69) is 5.32 Å². The lowest BCUT2D eigenvalue weighted by Crippen LogP contribution is -2.40. The summed E-state index contributed by atoms with van der Waals surface area (Å²) in [7, 11) is -4.14. The molecule has 0 bridgehead atoms. The molecule has 15 heavy (non-hydrogen) atoms. The Kier molecular flexibility index (Phi) is 7.03. The van der Waals surface area contributed by atoms with Gasteiger partial charge in [0, 0.05) is 12.6 Å². The smallest absolute Gasteiger partial charge is 0.267 e. The molecule has 6 nitrogen and oxygen atoms in total. The lowest BCUT2D eigenvalue weighted by atomic mass is 10.2. The Labute approximate surface area is 90.1 Å². The van der Waals surface area contributed by atoms with Crippen LogP contribution in [-0.4, -0.2) is 54.2 Å². The molecule has 0 rings (SSSR count). The summed E-state index contributed by atoms with van der Waals surface area (Å²) >= 11 is 0. The number of aliphatic hydroxyl groups is 2. The molecule has 0 radical (unpaired) electrons. The van der Waals surface area contributed by atoms with Crippen molar-refractivity contribution < 1.29 is 23.2 Å². The normalized spacial score (nSPS) is 16.3. The quantitative estimate of drug-likeness (QED) is 0.405. The second kappa shape index (κ2) is 7.13. The minimum Gasteiger partial charge on any atom is -0.395 e. The summed E-state index contributed by atoms with van der Waals surface area (Å²) in [5, 5.41) is 20.9. The summed E-state index contributed by atoms with van der Waals surface area (Å²) in [6.45, 7) is 1.93. The van der Waals surface area contributed by atoms with Crippen molar-refractivity contribution >= 4 is 10.1 Å². The minimum absolute atomic E-state index is 0.0328. The van der Waals surface area contributed by atoms with Crippen LogP contribution in [0.4, 0.5) is 0 Å². The number of hydrogen-bond donors (Lipinski definition) is 4. The Balaban J connectivity index is 3.82. The first-order valence-corrected chi connectivity index (χ1v) is 6.47. The second-order valence-corrected chi connectivity index (χ2v) is 4.98. The highest BCUT2D eigenvalue weighted by atomic mass is 32.2. The first-order valence-electron chi connectivity index (χ1n) is 4.86. The third-order valence-corrected chi connectivity index (χ3v) is 2.71. The van der Waals surface area contributed by atoms with Gasteiger partial charge in [0.05, 0.1) is 12.7 Å². The first-order chi connectivity index (χ1) is 6.89. The Bertz CT molecular complexity index is 254. The van der Waals surface area contributed by atoms with Crippen LogP contribution in [0.3, 0.4) is 0 Å². The van der Waals surface area contributed by atoms with Crippen molar-refractivity contribution in [3.8, 4) is 0 Å². The van der Waals surface area contributed by atoms with Crippen LogP contribution in [-0.2, 0) is 10.1 Å². The fourth-order valence-electron chi connectivity index (χ4n) is 1.21. The van der Waals surface area contributed by atoms with E-state index >= 15 is 0 Å². The highest BCUT2D eigenvalue weighted by molar-refractivity contribution is 7.85. The molecule has 7 heteroatoms. The van der Waals surface area contributed by atoms with E-state index in [4.69, 9.17) is 9.66 Å². The molecule has 2 atom stereocenters. The summed E-state index contributed by atoms with van der Waals surface area (Å²) < 4.78 is 29.2. The average molecular weight is 241 g/mol. The van der Waals surface area contributed by atoms with Crippen LogP contribution in [0.5, 0.6) is 0 Å². The predicted molar refractivity (Wildman–Crippen MR) is 56.2 cm³/mol. The molecule has 0 aliphatic carbocycles. The summed E-state index contributed by atoms with van der Waals surface area (Å²) in [4.78, 5) is 0. The van der Waals surface area contributed by atoms with Gasteiger partial charge in [0.15, 0.2) is 0 Å². The van der Waals surface area contributed by atoms with Crippen LogP contribution in [0.25, 0.3) is 0 Å². The Morgan fingerprint density at radius 3 is 2.40 bits per heavy atom. The van der Waals surface area contributed by atoms with E-state index < -0.39 is 22.0 Å². The van der Waals surface area contributed by atoms with Crippen molar-refractivity contribution in [3.63, 3.8) is 0 Å². The fourth-order valence-corrected chi connectivity index (χ4v) is 1.82. The first kappa shape index (κ1) is 14.8. The van der Waals surface area contributed by atoms with E-state index in [1.54, 1.807) is 0 Å². The molecule has 2 unspecified atom stereocenters. The summed E-state index contributed by atoms with van der Waals surface area (Å²) in [6.07, 6.45) is 0.466. The summed E-state index contributed by atoms with van der Waals surface area (Å²) in [5.74, 6) is -0.690. The zero-order valence-electron chi connectivity index (χ0n) is 8.76. The van der Waals surface area contributed by atoms with Gasteiger partial charge in [0.2, 0.25) is 0 Å². The molecule has 0 aliphatic heterocycles. The number of hydrogen-bond acceptors (Lipinski definition) is 5. The predicted octanol–water partition coefficient (Wildman–Crippen LogP) is -1.01. The summed E-state index contributed by atoms with van der Waals surface area (Å²) in [6, 6.07) is -0.147. The van der Waals surface area contributed by atoms with Gasteiger partial charge in [0.25, 0.3) is 10.1 Å². The van der Waals surface area contributed by atoms with E-state index in [1.807, 2.05) is 6.92 Å². The Hall–Kier alpha value is -0.210. The lowest BCUT2D eigenvalue weighted by Gasteiger charge is -2.17. The minimum atomic E-state index is -4.14. The van der Waals surface area contributed by atoms with Crippen LogP contribution < -0.4 is 5.32 Å². The highest BCUT2D eigenvalue weighted by Gasteiger charge is 2.15. The van der Waals surface area contributed by atoms with Gasteiger partial charge < -0.3 is 15.5 Å². The van der Waals surface area contributed by atoms with Crippen LogP contribution in [0.1, 0.15) is 19.8 Å². The highest BCUT2D eigenvalue weighted by Crippen LogP contribution is 1.96. The Morgan fingerprint density at radius 1 is 1.40 bits per heavy atom. The van der Waals surface area contributed by atoms with Gasteiger partial charge >= 0.3 is 0 Å². The molecule has 0 saturated heterocycles. The third kappa shape index (κ3) is 8.76. The van der Waals surface area contributed by atoms with Crippen LogP contribution in [0, 0.1) is 0 Å². The van der Waals surface area contributed by atoms with Crippen LogP contribution in [0.15, 0.2) is 0 Å². The molecule has 0 aliphatic rings. The third-order valence-electron chi connectivity index (χ3n) is 1.90. The molecule has 0 aromatic carbocycles. The number of nitrogens with one attached hydrogen (secondary N) is 1. The average Bonchev–Trinajstić information content (AvgIpc) is 2.09. The largest absolute Gasteiger partial charge is 0.395 e. The Morgan fingerprint density at radius 2 is 2.00 bits per heavy atom. The van der Waals surface area contributed by atoms with Gasteiger partial charge in [-0.2, -0.15) is 8.42 Å². The van der Waals surface area contributed by atoms with Crippen molar-refractivity contribution in [3.05, 3.63) is 0 Å². The van der Waals surface area contributed by atoms with E-state index in [0.717, 1.165) is 12.8 Å². The zero-order valence-corrected chi connectivity index (χ0v) is 9.57. The molecule has 0 aromatic heterocycles. The molecule has 0 saturated carbocycles. The molecule has 0 fully saturated rings. The van der Waals surface area contributed by atoms with E-state index in [9.17, 15) is 13.5 Å². The van der Waals surface area contributed by atoms with E-state index in [0.29, 0.717) is 0 Å². The maximum absolute atomic E-state index is 10.4. The molecule has 0 spiro atoms. The van der Waals surface area contributed by atoms with Crippen molar-refractivity contribution in [1.29, 1.82) is 0 Å². The fraction of sp³-hybridized carbons (Fsp3) is 1.00.